The molecular formula is C19H22N4O2. The normalized spacial score (nSPS) is 10.8. The molecule has 0 aliphatic rings. The number of hydrogen-bond acceptors (Lipinski definition) is 5. The smallest absolute Gasteiger partial charge is 0.161 e. The van der Waals surface area contributed by atoms with Gasteiger partial charge in [-0.05, 0) is 56.2 Å². The molecule has 3 rings (SSSR count). The van der Waals surface area contributed by atoms with Crippen molar-refractivity contribution in [1.82, 2.24) is 20.0 Å². The Morgan fingerprint density at radius 3 is 2.44 bits per heavy atom. The van der Waals surface area contributed by atoms with Crippen LogP contribution in [0, 0.1) is 20.8 Å². The average Bonchev–Trinajstić information content (AvgIpc) is 3.06. The highest BCUT2D eigenvalue weighted by Gasteiger charge is 2.11. The molecular weight excluding hydrogens is 316 g/mol. The number of methoxy groups -OCH3 is 2. The van der Waals surface area contributed by atoms with Gasteiger partial charge < -0.3 is 9.47 Å². The summed E-state index contributed by atoms with van der Waals surface area (Å²) in [5, 5.41) is 8.54. The van der Waals surface area contributed by atoms with Gasteiger partial charge in [-0.2, -0.15) is 0 Å². The molecule has 25 heavy (non-hydrogen) atoms. The molecule has 0 atom stereocenters. The van der Waals surface area contributed by atoms with Crippen molar-refractivity contribution in [3.8, 4) is 22.8 Å². The number of pyridine rings is 1. The van der Waals surface area contributed by atoms with Crippen molar-refractivity contribution in [1.29, 1.82) is 0 Å². The topological polar surface area (TPSA) is 62.1 Å². The summed E-state index contributed by atoms with van der Waals surface area (Å²) in [6.07, 6.45) is 1.93. The summed E-state index contributed by atoms with van der Waals surface area (Å²) in [7, 11) is 3.24. The van der Waals surface area contributed by atoms with Gasteiger partial charge in [0.2, 0.25) is 0 Å². The Bertz CT molecular complexity index is 879. The quantitative estimate of drug-likeness (QED) is 0.714. The summed E-state index contributed by atoms with van der Waals surface area (Å²) < 4.78 is 12.5. The van der Waals surface area contributed by atoms with E-state index in [9.17, 15) is 0 Å². The highest BCUT2D eigenvalue weighted by atomic mass is 16.5. The molecule has 0 spiro atoms. The third-order valence-corrected chi connectivity index (χ3v) is 4.22. The fourth-order valence-electron chi connectivity index (χ4n) is 2.95. The Balaban J connectivity index is 1.88. The third-order valence-electron chi connectivity index (χ3n) is 4.22. The summed E-state index contributed by atoms with van der Waals surface area (Å²) in [5.74, 6) is 1.36. The number of aryl methyl sites for hydroxylation is 3. The van der Waals surface area contributed by atoms with Crippen LogP contribution >= 0.6 is 0 Å². The van der Waals surface area contributed by atoms with Crippen LogP contribution in [0.3, 0.4) is 0 Å². The number of ether oxygens (including phenoxy) is 2. The lowest BCUT2D eigenvalue weighted by Gasteiger charge is -2.10. The largest absolute Gasteiger partial charge is 0.493 e. The molecule has 6 heteroatoms. The molecule has 0 unspecified atom stereocenters. The van der Waals surface area contributed by atoms with Crippen molar-refractivity contribution in [3.63, 3.8) is 0 Å². The molecule has 0 fully saturated rings. The Labute approximate surface area is 147 Å². The molecule has 0 saturated carbocycles. The molecule has 0 aliphatic heterocycles. The first-order chi connectivity index (χ1) is 12.0. The van der Waals surface area contributed by atoms with E-state index >= 15 is 0 Å². The molecule has 1 aromatic carbocycles. The minimum absolute atomic E-state index is 0.644. The van der Waals surface area contributed by atoms with E-state index in [1.165, 1.54) is 11.1 Å². The average molecular weight is 338 g/mol. The zero-order chi connectivity index (χ0) is 18.0. The molecule has 2 heterocycles. The molecule has 130 valence electrons. The molecule has 0 amide bonds. The Morgan fingerprint density at radius 1 is 1.00 bits per heavy atom. The molecule has 0 bridgehead atoms. The van der Waals surface area contributed by atoms with Crippen molar-refractivity contribution in [3.05, 3.63) is 53.0 Å². The van der Waals surface area contributed by atoms with Crippen molar-refractivity contribution >= 4 is 0 Å². The second kappa shape index (κ2) is 6.93. The first kappa shape index (κ1) is 17.0. The van der Waals surface area contributed by atoms with Gasteiger partial charge in [0.15, 0.2) is 11.5 Å². The zero-order valence-electron chi connectivity index (χ0n) is 15.2. The number of nitrogens with zero attached hydrogens (tertiary/aromatic N) is 4. The van der Waals surface area contributed by atoms with Crippen molar-refractivity contribution in [2.45, 2.75) is 27.3 Å². The van der Waals surface area contributed by atoms with Gasteiger partial charge in [-0.25, -0.2) is 4.68 Å². The van der Waals surface area contributed by atoms with Crippen LogP contribution in [0.15, 0.2) is 30.5 Å². The van der Waals surface area contributed by atoms with Gasteiger partial charge in [-0.15, -0.1) is 5.10 Å². The van der Waals surface area contributed by atoms with Gasteiger partial charge in [-0.1, -0.05) is 5.21 Å². The van der Waals surface area contributed by atoms with E-state index in [4.69, 9.17) is 9.47 Å². The van der Waals surface area contributed by atoms with Crippen molar-refractivity contribution < 1.29 is 9.47 Å². The van der Waals surface area contributed by atoms with Crippen LogP contribution in [0.1, 0.15) is 22.5 Å². The van der Waals surface area contributed by atoms with Crippen LogP contribution in [0.2, 0.25) is 0 Å². The van der Waals surface area contributed by atoms with E-state index in [1.807, 2.05) is 42.9 Å². The lowest BCUT2D eigenvalue weighted by Crippen LogP contribution is -2.06. The molecule has 0 radical (unpaired) electrons. The van der Waals surface area contributed by atoms with E-state index in [-0.39, 0.29) is 0 Å². The van der Waals surface area contributed by atoms with Gasteiger partial charge in [0.1, 0.15) is 5.69 Å². The molecule has 0 N–H and O–H groups in total. The molecule has 6 nitrogen and oxygen atoms in total. The Morgan fingerprint density at radius 2 is 1.76 bits per heavy atom. The van der Waals surface area contributed by atoms with Gasteiger partial charge >= 0.3 is 0 Å². The molecule has 3 aromatic rings. The number of aromatic nitrogens is 4. The fourth-order valence-corrected chi connectivity index (χ4v) is 2.95. The van der Waals surface area contributed by atoms with Gasteiger partial charge in [0.25, 0.3) is 0 Å². The summed E-state index contributed by atoms with van der Waals surface area (Å²) in [6.45, 7) is 6.78. The van der Waals surface area contributed by atoms with Gasteiger partial charge in [-0.3, -0.25) is 4.98 Å². The first-order valence-electron chi connectivity index (χ1n) is 8.08. The minimum Gasteiger partial charge on any atom is -0.493 e. The summed E-state index contributed by atoms with van der Waals surface area (Å²) in [4.78, 5) is 4.55. The molecule has 0 aliphatic carbocycles. The summed E-state index contributed by atoms with van der Waals surface area (Å²) in [5.41, 5.74) is 6.17. The van der Waals surface area contributed by atoms with Gasteiger partial charge in [0.05, 0.1) is 27.0 Å². The van der Waals surface area contributed by atoms with E-state index < -0.39 is 0 Å². The first-order valence-corrected chi connectivity index (χ1v) is 8.08. The van der Waals surface area contributed by atoms with Crippen LogP contribution < -0.4 is 9.47 Å². The van der Waals surface area contributed by atoms with E-state index in [1.54, 1.807) is 14.2 Å². The summed E-state index contributed by atoms with van der Waals surface area (Å²) in [6, 6.07) is 7.80. The summed E-state index contributed by atoms with van der Waals surface area (Å²) >= 11 is 0. The maximum atomic E-state index is 5.36. The number of benzene rings is 1. The number of rotatable bonds is 5. The monoisotopic (exact) mass is 338 g/mol. The minimum atomic E-state index is 0.644. The highest BCUT2D eigenvalue weighted by Crippen LogP contribution is 2.31. The number of hydrogen-bond donors (Lipinski definition) is 0. The van der Waals surface area contributed by atoms with Crippen LogP contribution in [0.4, 0.5) is 0 Å². The standard InChI is InChI=1S/C19H22N4O2/c1-12-8-13(2)20-14(3)16(12)10-23-11-17(21-22-23)15-6-7-18(24-4)19(9-15)25-5/h6-9,11H,10H2,1-5H3. The lowest BCUT2D eigenvalue weighted by molar-refractivity contribution is 0.355. The second-order valence-electron chi connectivity index (χ2n) is 6.02. The van der Waals surface area contributed by atoms with Crippen molar-refractivity contribution in [2.75, 3.05) is 14.2 Å². The molecule has 0 saturated heterocycles. The fraction of sp³-hybridized carbons (Fsp3) is 0.316. The van der Waals surface area contributed by atoms with Crippen LogP contribution in [0.5, 0.6) is 11.5 Å². The maximum absolute atomic E-state index is 5.36. The molecule has 2 aromatic heterocycles. The van der Waals surface area contributed by atoms with E-state index in [0.717, 1.165) is 22.6 Å². The van der Waals surface area contributed by atoms with Crippen LogP contribution in [-0.4, -0.2) is 34.2 Å². The van der Waals surface area contributed by atoms with E-state index in [0.29, 0.717) is 18.0 Å². The van der Waals surface area contributed by atoms with E-state index in [2.05, 4.69) is 28.3 Å². The van der Waals surface area contributed by atoms with Crippen LogP contribution in [0.25, 0.3) is 11.3 Å². The zero-order valence-corrected chi connectivity index (χ0v) is 15.2. The lowest BCUT2D eigenvalue weighted by atomic mass is 10.1. The second-order valence-corrected chi connectivity index (χ2v) is 6.02. The predicted molar refractivity (Wildman–Crippen MR) is 96.1 cm³/mol. The van der Waals surface area contributed by atoms with Gasteiger partial charge in [0, 0.05) is 17.0 Å². The Kier molecular flexibility index (Phi) is 4.70. The predicted octanol–water partition coefficient (Wildman–Crippen LogP) is 3.33. The van der Waals surface area contributed by atoms with Crippen LogP contribution in [-0.2, 0) is 6.54 Å². The maximum Gasteiger partial charge on any atom is 0.161 e. The highest BCUT2D eigenvalue weighted by molar-refractivity contribution is 5.63. The Hall–Kier alpha value is -2.89. The third kappa shape index (κ3) is 3.47. The van der Waals surface area contributed by atoms with Crippen molar-refractivity contribution in [2.24, 2.45) is 0 Å². The SMILES string of the molecule is COc1ccc(-c2cn(Cc3c(C)cc(C)nc3C)nn2)cc1OC.